The summed E-state index contributed by atoms with van der Waals surface area (Å²) < 4.78 is 0. The van der Waals surface area contributed by atoms with Crippen LogP contribution in [0.1, 0.15) is 31.4 Å². The third kappa shape index (κ3) is 4.14. The summed E-state index contributed by atoms with van der Waals surface area (Å²) in [5.74, 6) is 0. The van der Waals surface area contributed by atoms with Gasteiger partial charge < -0.3 is 5.32 Å². The molecule has 1 N–H and O–H groups in total. The predicted octanol–water partition coefficient (Wildman–Crippen LogP) is 2.81. The van der Waals surface area contributed by atoms with E-state index in [2.05, 4.69) is 62.3 Å². The maximum absolute atomic E-state index is 3.39. The zero-order valence-electron chi connectivity index (χ0n) is 11.8. The fourth-order valence-corrected chi connectivity index (χ4v) is 2.34. The fraction of sp³-hybridized carbons (Fsp3) is 0.600. The topological polar surface area (TPSA) is 15.3 Å². The van der Waals surface area contributed by atoms with Gasteiger partial charge in [-0.25, -0.2) is 0 Å². The molecule has 0 amide bonds. The summed E-state index contributed by atoms with van der Waals surface area (Å²) in [6, 6.07) is 9.86. The molecule has 0 aliphatic rings. The first-order valence-electron chi connectivity index (χ1n) is 6.51. The minimum atomic E-state index is 0.547. The smallest absolute Gasteiger partial charge is 0.0234 e. The highest BCUT2D eigenvalue weighted by Gasteiger charge is 2.17. The average Bonchev–Trinajstić information content (AvgIpc) is 2.30. The number of hydrogen-bond acceptors (Lipinski definition) is 2. The minimum absolute atomic E-state index is 0.547. The Morgan fingerprint density at radius 3 is 2.59 bits per heavy atom. The summed E-state index contributed by atoms with van der Waals surface area (Å²) in [5.41, 5.74) is 2.73. The summed E-state index contributed by atoms with van der Waals surface area (Å²) in [6.45, 7) is 7.69. The highest BCUT2D eigenvalue weighted by atomic mass is 15.2. The van der Waals surface area contributed by atoms with Crippen LogP contribution >= 0.6 is 0 Å². The molecule has 0 aliphatic carbocycles. The van der Waals surface area contributed by atoms with Crippen LogP contribution in [0.3, 0.4) is 0 Å². The molecule has 1 aromatic rings. The van der Waals surface area contributed by atoms with E-state index in [0.29, 0.717) is 12.1 Å². The second-order valence-electron chi connectivity index (χ2n) is 4.95. The highest BCUT2D eigenvalue weighted by molar-refractivity contribution is 5.22. The Hall–Kier alpha value is -0.860. The molecule has 2 atom stereocenters. The molecule has 2 unspecified atom stereocenters. The number of nitrogens with one attached hydrogen (secondary N) is 1. The van der Waals surface area contributed by atoms with Gasteiger partial charge in [0.05, 0.1) is 0 Å². The molecule has 2 heteroatoms. The van der Waals surface area contributed by atoms with E-state index in [-0.39, 0.29) is 0 Å². The Labute approximate surface area is 106 Å². The number of hydrogen-bond donors (Lipinski definition) is 1. The third-order valence-corrected chi connectivity index (χ3v) is 3.60. The lowest BCUT2D eigenvalue weighted by Gasteiger charge is -2.31. The van der Waals surface area contributed by atoms with Gasteiger partial charge in [-0.1, -0.05) is 36.8 Å². The average molecular weight is 234 g/mol. The van der Waals surface area contributed by atoms with E-state index in [1.807, 2.05) is 7.05 Å². The molecule has 0 radical (unpaired) electrons. The van der Waals surface area contributed by atoms with Gasteiger partial charge in [-0.15, -0.1) is 0 Å². The molecule has 0 fully saturated rings. The molecule has 0 bridgehead atoms. The van der Waals surface area contributed by atoms with Gasteiger partial charge in [-0.05, 0) is 39.9 Å². The van der Waals surface area contributed by atoms with Crippen LogP contribution in [0.15, 0.2) is 24.3 Å². The molecule has 96 valence electrons. The number of rotatable bonds is 6. The quantitative estimate of drug-likeness (QED) is 0.814. The first kappa shape index (κ1) is 14.2. The SMILES string of the molecule is CCC(NC)C(C)N(C)Cc1cccc(C)c1. The molecule has 0 saturated carbocycles. The Bertz CT molecular complexity index is 331. The Balaban J connectivity index is 2.62. The normalized spacial score (nSPS) is 14.9. The van der Waals surface area contributed by atoms with Crippen LogP contribution in [0.25, 0.3) is 0 Å². The Morgan fingerprint density at radius 2 is 2.06 bits per heavy atom. The predicted molar refractivity (Wildman–Crippen MR) is 75.2 cm³/mol. The monoisotopic (exact) mass is 234 g/mol. The van der Waals surface area contributed by atoms with Crippen molar-refractivity contribution in [2.75, 3.05) is 14.1 Å². The van der Waals surface area contributed by atoms with Gasteiger partial charge in [0.15, 0.2) is 0 Å². The lowest BCUT2D eigenvalue weighted by Crippen LogP contribution is -2.44. The maximum Gasteiger partial charge on any atom is 0.0234 e. The van der Waals surface area contributed by atoms with Crippen LogP contribution in [0.2, 0.25) is 0 Å². The first-order valence-corrected chi connectivity index (χ1v) is 6.51. The van der Waals surface area contributed by atoms with Gasteiger partial charge in [0.2, 0.25) is 0 Å². The molecule has 1 rings (SSSR count). The van der Waals surface area contributed by atoms with Crippen molar-refractivity contribution in [1.29, 1.82) is 0 Å². The summed E-state index contributed by atoms with van der Waals surface area (Å²) in [7, 11) is 4.25. The fourth-order valence-electron chi connectivity index (χ4n) is 2.34. The van der Waals surface area contributed by atoms with E-state index in [1.54, 1.807) is 0 Å². The molecule has 0 saturated heterocycles. The largest absolute Gasteiger partial charge is 0.315 e. The number of likely N-dealkylation sites (N-methyl/N-ethyl adjacent to an activating group) is 2. The van der Waals surface area contributed by atoms with Crippen LogP contribution in [0.5, 0.6) is 0 Å². The van der Waals surface area contributed by atoms with Crippen LogP contribution < -0.4 is 5.32 Å². The van der Waals surface area contributed by atoms with Crippen molar-refractivity contribution >= 4 is 0 Å². The van der Waals surface area contributed by atoms with E-state index < -0.39 is 0 Å². The number of benzene rings is 1. The standard InChI is InChI=1S/C15H26N2/c1-6-15(16-4)13(3)17(5)11-14-9-7-8-12(2)10-14/h7-10,13,15-16H,6,11H2,1-5H3. The van der Waals surface area contributed by atoms with Crippen molar-refractivity contribution in [3.05, 3.63) is 35.4 Å². The molecular formula is C15H26N2. The van der Waals surface area contributed by atoms with Crippen LogP contribution in [-0.4, -0.2) is 31.1 Å². The Kier molecular flexibility index (Phi) is 5.66. The van der Waals surface area contributed by atoms with Gasteiger partial charge in [0.1, 0.15) is 0 Å². The van der Waals surface area contributed by atoms with E-state index in [9.17, 15) is 0 Å². The molecule has 1 aromatic carbocycles. The molecule has 0 spiro atoms. The van der Waals surface area contributed by atoms with Crippen LogP contribution in [0.4, 0.5) is 0 Å². The lowest BCUT2D eigenvalue weighted by molar-refractivity contribution is 0.200. The number of nitrogens with zero attached hydrogens (tertiary/aromatic N) is 1. The summed E-state index contributed by atoms with van der Waals surface area (Å²) in [5, 5.41) is 3.39. The van der Waals surface area contributed by atoms with Crippen molar-refractivity contribution < 1.29 is 0 Å². The molecule has 2 nitrogen and oxygen atoms in total. The first-order chi connectivity index (χ1) is 8.08. The van der Waals surface area contributed by atoms with Crippen molar-refractivity contribution in [3.8, 4) is 0 Å². The Morgan fingerprint density at radius 1 is 1.35 bits per heavy atom. The number of aryl methyl sites for hydroxylation is 1. The van der Waals surface area contributed by atoms with Crippen molar-refractivity contribution in [2.45, 2.75) is 45.8 Å². The van der Waals surface area contributed by atoms with Gasteiger partial charge >= 0.3 is 0 Å². The summed E-state index contributed by atoms with van der Waals surface area (Å²) in [4.78, 5) is 2.42. The highest BCUT2D eigenvalue weighted by Crippen LogP contribution is 2.11. The third-order valence-electron chi connectivity index (χ3n) is 3.60. The minimum Gasteiger partial charge on any atom is -0.315 e. The van der Waals surface area contributed by atoms with Crippen molar-refractivity contribution in [2.24, 2.45) is 0 Å². The van der Waals surface area contributed by atoms with E-state index in [0.717, 1.165) is 13.0 Å². The van der Waals surface area contributed by atoms with Gasteiger partial charge in [0, 0.05) is 18.6 Å². The van der Waals surface area contributed by atoms with Crippen molar-refractivity contribution in [1.82, 2.24) is 10.2 Å². The van der Waals surface area contributed by atoms with Gasteiger partial charge in [0.25, 0.3) is 0 Å². The van der Waals surface area contributed by atoms with E-state index in [1.165, 1.54) is 11.1 Å². The zero-order valence-corrected chi connectivity index (χ0v) is 11.8. The summed E-state index contributed by atoms with van der Waals surface area (Å²) >= 11 is 0. The van der Waals surface area contributed by atoms with E-state index in [4.69, 9.17) is 0 Å². The molecule has 0 heterocycles. The second kappa shape index (κ2) is 6.77. The van der Waals surface area contributed by atoms with Crippen molar-refractivity contribution in [3.63, 3.8) is 0 Å². The zero-order chi connectivity index (χ0) is 12.8. The van der Waals surface area contributed by atoms with Gasteiger partial charge in [-0.2, -0.15) is 0 Å². The lowest BCUT2D eigenvalue weighted by atomic mass is 10.1. The van der Waals surface area contributed by atoms with Crippen LogP contribution in [0, 0.1) is 6.92 Å². The van der Waals surface area contributed by atoms with E-state index >= 15 is 0 Å². The second-order valence-corrected chi connectivity index (χ2v) is 4.95. The molecular weight excluding hydrogens is 208 g/mol. The maximum atomic E-state index is 3.39. The molecule has 17 heavy (non-hydrogen) atoms. The molecule has 0 aliphatic heterocycles. The molecule has 0 aromatic heterocycles. The summed E-state index contributed by atoms with van der Waals surface area (Å²) in [6.07, 6.45) is 1.16. The van der Waals surface area contributed by atoms with Gasteiger partial charge in [-0.3, -0.25) is 4.90 Å². The van der Waals surface area contributed by atoms with Crippen LogP contribution in [-0.2, 0) is 6.54 Å².